The van der Waals surface area contributed by atoms with Crippen LogP contribution in [0.25, 0.3) is 0 Å². The van der Waals surface area contributed by atoms with Gasteiger partial charge in [0.05, 0.1) is 12.6 Å². The molecule has 0 bridgehead atoms. The molecule has 78 valence electrons. The van der Waals surface area contributed by atoms with Crippen LogP contribution >= 0.6 is 27.3 Å². The largest absolute Gasteiger partial charge is 0.350 e. The Hall–Kier alpha value is -0.390. The lowest BCUT2D eigenvalue weighted by Crippen LogP contribution is -2.39. The van der Waals surface area contributed by atoms with Gasteiger partial charge in [0.25, 0.3) is 0 Å². The number of nitrogens with one attached hydrogen (secondary N) is 1. The first kappa shape index (κ1) is 11.7. The zero-order valence-electron chi connectivity index (χ0n) is 7.92. The number of hydrogen-bond acceptors (Lipinski definition) is 3. The molecular weight excluding hydrogens is 264 g/mol. The molecule has 1 atom stereocenters. The number of rotatable bonds is 4. The van der Waals surface area contributed by atoms with Gasteiger partial charge in [-0.2, -0.15) is 0 Å². The van der Waals surface area contributed by atoms with Crippen LogP contribution in [0.15, 0.2) is 15.9 Å². The van der Waals surface area contributed by atoms with Crippen molar-refractivity contribution in [2.75, 3.05) is 0 Å². The van der Waals surface area contributed by atoms with E-state index in [4.69, 9.17) is 5.73 Å². The lowest BCUT2D eigenvalue weighted by Gasteiger charge is -2.09. The van der Waals surface area contributed by atoms with Crippen molar-refractivity contribution in [1.82, 2.24) is 5.32 Å². The number of hydrogen-bond donors (Lipinski definition) is 2. The molecule has 3 N–H and O–H groups in total. The number of nitrogens with two attached hydrogens (primary N) is 1. The highest BCUT2D eigenvalue weighted by Crippen LogP contribution is 2.22. The maximum Gasteiger partial charge on any atom is 0.237 e. The third-order valence-corrected chi connectivity index (χ3v) is 3.82. The van der Waals surface area contributed by atoms with E-state index in [0.29, 0.717) is 13.0 Å². The molecule has 0 saturated carbocycles. The summed E-state index contributed by atoms with van der Waals surface area (Å²) in [6.45, 7) is 2.44. The zero-order chi connectivity index (χ0) is 10.6. The molecule has 0 aliphatic carbocycles. The van der Waals surface area contributed by atoms with Gasteiger partial charge in [-0.1, -0.05) is 6.92 Å². The number of carbonyl (C=O) groups is 1. The SMILES string of the molecule is CC[C@H](N)C(=O)NCc1sccc1Br. The highest BCUT2D eigenvalue weighted by atomic mass is 79.9. The normalized spacial score (nSPS) is 12.5. The quantitative estimate of drug-likeness (QED) is 0.882. The smallest absolute Gasteiger partial charge is 0.237 e. The molecule has 14 heavy (non-hydrogen) atoms. The van der Waals surface area contributed by atoms with E-state index in [9.17, 15) is 4.79 Å². The summed E-state index contributed by atoms with van der Waals surface area (Å²) in [5, 5.41) is 4.77. The van der Waals surface area contributed by atoms with E-state index in [1.807, 2.05) is 18.4 Å². The molecule has 3 nitrogen and oxygen atoms in total. The zero-order valence-corrected chi connectivity index (χ0v) is 10.3. The maximum atomic E-state index is 11.3. The molecule has 1 rings (SSSR count). The molecule has 1 heterocycles. The summed E-state index contributed by atoms with van der Waals surface area (Å²) in [6, 6.07) is 1.57. The molecule has 0 radical (unpaired) electrons. The first-order valence-corrected chi connectivity index (χ1v) is 6.07. The summed E-state index contributed by atoms with van der Waals surface area (Å²) >= 11 is 5.01. The van der Waals surface area contributed by atoms with Gasteiger partial charge in [0.2, 0.25) is 5.91 Å². The van der Waals surface area contributed by atoms with Crippen molar-refractivity contribution < 1.29 is 4.79 Å². The standard InChI is InChI=1S/C9H13BrN2OS/c1-2-7(11)9(13)12-5-8-6(10)3-4-14-8/h3-4,7H,2,5,11H2,1H3,(H,12,13)/t7-/m0/s1. The van der Waals surface area contributed by atoms with Crippen molar-refractivity contribution in [2.24, 2.45) is 5.73 Å². The lowest BCUT2D eigenvalue weighted by molar-refractivity contribution is -0.122. The summed E-state index contributed by atoms with van der Waals surface area (Å²) < 4.78 is 1.04. The van der Waals surface area contributed by atoms with Crippen molar-refractivity contribution >= 4 is 33.2 Å². The van der Waals surface area contributed by atoms with Gasteiger partial charge in [-0.15, -0.1) is 11.3 Å². The second-order valence-electron chi connectivity index (χ2n) is 2.92. The number of carbonyl (C=O) groups excluding carboxylic acids is 1. The predicted octanol–water partition coefficient (Wildman–Crippen LogP) is 1.86. The average molecular weight is 277 g/mol. The van der Waals surface area contributed by atoms with Crippen molar-refractivity contribution in [1.29, 1.82) is 0 Å². The minimum absolute atomic E-state index is 0.0900. The van der Waals surface area contributed by atoms with E-state index < -0.39 is 6.04 Å². The van der Waals surface area contributed by atoms with Gasteiger partial charge >= 0.3 is 0 Å². The van der Waals surface area contributed by atoms with E-state index in [0.717, 1.165) is 9.35 Å². The first-order chi connectivity index (χ1) is 6.65. The molecule has 0 unspecified atom stereocenters. The topological polar surface area (TPSA) is 55.1 Å². The minimum Gasteiger partial charge on any atom is -0.350 e. The Bertz CT molecular complexity index is 314. The Morgan fingerprint density at radius 2 is 2.50 bits per heavy atom. The van der Waals surface area contributed by atoms with Gasteiger partial charge in [0.15, 0.2) is 0 Å². The highest BCUT2D eigenvalue weighted by Gasteiger charge is 2.10. The van der Waals surface area contributed by atoms with Crippen LogP contribution < -0.4 is 11.1 Å². The van der Waals surface area contributed by atoms with Crippen LogP contribution in [0, 0.1) is 0 Å². The summed E-state index contributed by atoms with van der Waals surface area (Å²) in [7, 11) is 0. The molecule has 0 saturated heterocycles. The Morgan fingerprint density at radius 3 is 3.00 bits per heavy atom. The second-order valence-corrected chi connectivity index (χ2v) is 4.78. The van der Waals surface area contributed by atoms with E-state index >= 15 is 0 Å². The number of amides is 1. The molecule has 0 aliphatic heterocycles. The van der Waals surface area contributed by atoms with Gasteiger partial charge < -0.3 is 11.1 Å². The monoisotopic (exact) mass is 276 g/mol. The van der Waals surface area contributed by atoms with Crippen LogP contribution in [0.4, 0.5) is 0 Å². The highest BCUT2D eigenvalue weighted by molar-refractivity contribution is 9.10. The van der Waals surface area contributed by atoms with Crippen molar-refractivity contribution in [3.05, 3.63) is 20.8 Å². The van der Waals surface area contributed by atoms with Gasteiger partial charge in [0, 0.05) is 9.35 Å². The Labute approximate surface area is 95.8 Å². The van der Waals surface area contributed by atoms with Gasteiger partial charge in [-0.3, -0.25) is 4.79 Å². The first-order valence-electron chi connectivity index (χ1n) is 4.40. The van der Waals surface area contributed by atoms with E-state index in [2.05, 4.69) is 21.2 Å². The Morgan fingerprint density at radius 1 is 1.79 bits per heavy atom. The van der Waals surface area contributed by atoms with Crippen LogP contribution in [0.5, 0.6) is 0 Å². The van der Waals surface area contributed by atoms with Crippen molar-refractivity contribution in [2.45, 2.75) is 25.9 Å². The van der Waals surface area contributed by atoms with Crippen LogP contribution in [-0.4, -0.2) is 11.9 Å². The van der Waals surface area contributed by atoms with Crippen LogP contribution in [0.1, 0.15) is 18.2 Å². The van der Waals surface area contributed by atoms with Crippen LogP contribution in [0.2, 0.25) is 0 Å². The second kappa shape index (κ2) is 5.48. The van der Waals surface area contributed by atoms with Gasteiger partial charge in [0.1, 0.15) is 0 Å². The molecule has 1 aromatic heterocycles. The van der Waals surface area contributed by atoms with Crippen LogP contribution in [-0.2, 0) is 11.3 Å². The minimum atomic E-state index is -0.395. The molecule has 1 aromatic rings. The molecule has 5 heteroatoms. The lowest BCUT2D eigenvalue weighted by atomic mass is 10.2. The van der Waals surface area contributed by atoms with Crippen LogP contribution in [0.3, 0.4) is 0 Å². The van der Waals surface area contributed by atoms with Gasteiger partial charge in [-0.05, 0) is 33.8 Å². The molecule has 0 aromatic carbocycles. The molecule has 1 amide bonds. The van der Waals surface area contributed by atoms with Crippen molar-refractivity contribution in [3.8, 4) is 0 Å². The fraction of sp³-hybridized carbons (Fsp3) is 0.444. The predicted molar refractivity (Wildman–Crippen MR) is 62.1 cm³/mol. The van der Waals surface area contributed by atoms with E-state index in [1.54, 1.807) is 11.3 Å². The molecule has 0 spiro atoms. The fourth-order valence-corrected chi connectivity index (χ4v) is 2.37. The van der Waals surface area contributed by atoms with E-state index in [1.165, 1.54) is 0 Å². The van der Waals surface area contributed by atoms with E-state index in [-0.39, 0.29) is 5.91 Å². The average Bonchev–Trinajstić information content (AvgIpc) is 2.59. The summed E-state index contributed by atoms with van der Waals surface area (Å²) in [5.74, 6) is -0.0900. The third-order valence-electron chi connectivity index (χ3n) is 1.89. The third kappa shape index (κ3) is 3.08. The van der Waals surface area contributed by atoms with Gasteiger partial charge in [-0.25, -0.2) is 0 Å². The Kier molecular flexibility index (Phi) is 4.57. The Balaban J connectivity index is 2.41. The summed E-state index contributed by atoms with van der Waals surface area (Å²) in [6.07, 6.45) is 0.664. The van der Waals surface area contributed by atoms with Crippen molar-refractivity contribution in [3.63, 3.8) is 0 Å². The summed E-state index contributed by atoms with van der Waals surface area (Å²) in [5.41, 5.74) is 5.57. The molecular formula is C9H13BrN2OS. The maximum absolute atomic E-state index is 11.3. The molecule has 0 aliphatic rings. The molecule has 0 fully saturated rings. The fourth-order valence-electron chi connectivity index (χ4n) is 0.935. The number of halogens is 1. The number of thiophene rings is 1. The summed E-state index contributed by atoms with van der Waals surface area (Å²) in [4.78, 5) is 12.4.